The number of ether oxygens (including phenoxy) is 1. The molecule has 0 aliphatic carbocycles. The molecule has 0 amide bonds. The first-order chi connectivity index (χ1) is 7.84. The predicted octanol–water partition coefficient (Wildman–Crippen LogP) is 1.66. The van der Waals surface area contributed by atoms with Crippen molar-refractivity contribution in [2.45, 2.75) is 6.42 Å². The summed E-state index contributed by atoms with van der Waals surface area (Å²) < 4.78 is 5.62. The SMILES string of the molecule is Nc1cncc(-c2cccc3c2OCC3)n1. The van der Waals surface area contributed by atoms with E-state index < -0.39 is 0 Å². The molecule has 0 radical (unpaired) electrons. The van der Waals surface area contributed by atoms with E-state index in [1.807, 2.05) is 12.1 Å². The minimum absolute atomic E-state index is 0.424. The van der Waals surface area contributed by atoms with Gasteiger partial charge in [-0.25, -0.2) is 4.98 Å². The van der Waals surface area contributed by atoms with E-state index in [0.717, 1.165) is 30.0 Å². The van der Waals surface area contributed by atoms with Crippen molar-refractivity contribution in [2.75, 3.05) is 12.3 Å². The second kappa shape index (κ2) is 3.48. The Balaban J connectivity index is 2.17. The van der Waals surface area contributed by atoms with E-state index in [4.69, 9.17) is 10.5 Å². The standard InChI is InChI=1S/C12H11N3O/c13-11-7-14-6-10(15-11)9-3-1-2-8-4-5-16-12(8)9/h1-3,6-7H,4-5H2,(H2,13,15). The minimum atomic E-state index is 0.424. The highest BCUT2D eigenvalue weighted by Gasteiger charge is 2.17. The van der Waals surface area contributed by atoms with Crippen molar-refractivity contribution in [3.05, 3.63) is 36.2 Å². The van der Waals surface area contributed by atoms with E-state index in [9.17, 15) is 0 Å². The van der Waals surface area contributed by atoms with Crippen LogP contribution in [-0.4, -0.2) is 16.6 Å². The van der Waals surface area contributed by atoms with Crippen LogP contribution >= 0.6 is 0 Å². The molecule has 1 aliphatic rings. The quantitative estimate of drug-likeness (QED) is 0.782. The van der Waals surface area contributed by atoms with E-state index in [0.29, 0.717) is 5.82 Å². The molecule has 80 valence electrons. The van der Waals surface area contributed by atoms with Crippen LogP contribution in [0.15, 0.2) is 30.6 Å². The maximum absolute atomic E-state index is 5.63. The molecule has 1 aromatic heterocycles. The average Bonchev–Trinajstić information content (AvgIpc) is 2.76. The average molecular weight is 213 g/mol. The van der Waals surface area contributed by atoms with Gasteiger partial charge in [0.2, 0.25) is 0 Å². The van der Waals surface area contributed by atoms with Gasteiger partial charge in [-0.15, -0.1) is 0 Å². The zero-order valence-electron chi connectivity index (χ0n) is 8.68. The molecule has 0 fully saturated rings. The monoisotopic (exact) mass is 213 g/mol. The molecule has 16 heavy (non-hydrogen) atoms. The molecule has 0 bridgehead atoms. The lowest BCUT2D eigenvalue weighted by molar-refractivity contribution is 0.358. The van der Waals surface area contributed by atoms with Crippen molar-refractivity contribution in [1.29, 1.82) is 0 Å². The lowest BCUT2D eigenvalue weighted by Crippen LogP contribution is -1.95. The maximum atomic E-state index is 5.63. The van der Waals surface area contributed by atoms with Crippen LogP contribution in [0.3, 0.4) is 0 Å². The van der Waals surface area contributed by atoms with Gasteiger partial charge < -0.3 is 10.5 Å². The van der Waals surface area contributed by atoms with Crippen molar-refractivity contribution in [2.24, 2.45) is 0 Å². The topological polar surface area (TPSA) is 61.0 Å². The van der Waals surface area contributed by atoms with Crippen molar-refractivity contribution < 1.29 is 4.74 Å². The molecule has 4 nitrogen and oxygen atoms in total. The summed E-state index contributed by atoms with van der Waals surface area (Å²) in [6.45, 7) is 0.738. The Morgan fingerprint density at radius 3 is 3.06 bits per heavy atom. The number of hydrogen-bond donors (Lipinski definition) is 1. The fraction of sp³-hybridized carbons (Fsp3) is 0.167. The van der Waals surface area contributed by atoms with Crippen LogP contribution in [0.25, 0.3) is 11.3 Å². The number of para-hydroxylation sites is 1. The van der Waals surface area contributed by atoms with Crippen molar-refractivity contribution in [3.63, 3.8) is 0 Å². The number of aromatic nitrogens is 2. The number of anilines is 1. The van der Waals surface area contributed by atoms with Crippen LogP contribution in [-0.2, 0) is 6.42 Å². The van der Waals surface area contributed by atoms with Gasteiger partial charge in [-0.3, -0.25) is 4.98 Å². The van der Waals surface area contributed by atoms with E-state index in [1.165, 1.54) is 11.8 Å². The summed E-state index contributed by atoms with van der Waals surface area (Å²) in [6.07, 6.45) is 4.19. The number of nitrogen functional groups attached to an aromatic ring is 1. The Bertz CT molecular complexity index is 540. The molecule has 1 aliphatic heterocycles. The third-order valence-electron chi connectivity index (χ3n) is 2.64. The summed E-state index contributed by atoms with van der Waals surface area (Å²) in [7, 11) is 0. The first kappa shape index (κ1) is 9.15. The smallest absolute Gasteiger partial charge is 0.142 e. The largest absolute Gasteiger partial charge is 0.492 e. The summed E-state index contributed by atoms with van der Waals surface area (Å²) in [5, 5.41) is 0. The second-order valence-electron chi connectivity index (χ2n) is 3.72. The van der Waals surface area contributed by atoms with Crippen LogP contribution in [0.5, 0.6) is 5.75 Å². The molecule has 2 N–H and O–H groups in total. The van der Waals surface area contributed by atoms with Crippen LogP contribution in [0, 0.1) is 0 Å². The zero-order valence-corrected chi connectivity index (χ0v) is 8.68. The Labute approximate surface area is 93.1 Å². The van der Waals surface area contributed by atoms with Gasteiger partial charge in [0.05, 0.1) is 24.7 Å². The zero-order chi connectivity index (χ0) is 11.0. The van der Waals surface area contributed by atoms with Crippen molar-refractivity contribution in [3.8, 4) is 17.0 Å². The first-order valence-electron chi connectivity index (χ1n) is 5.17. The maximum Gasteiger partial charge on any atom is 0.142 e. The van der Waals surface area contributed by atoms with E-state index in [1.54, 1.807) is 6.20 Å². The molecule has 2 heterocycles. The number of benzene rings is 1. The van der Waals surface area contributed by atoms with E-state index in [2.05, 4.69) is 16.0 Å². The second-order valence-corrected chi connectivity index (χ2v) is 3.72. The number of nitrogens with zero attached hydrogens (tertiary/aromatic N) is 2. The summed E-state index contributed by atoms with van der Waals surface area (Å²) in [4.78, 5) is 8.30. The number of hydrogen-bond acceptors (Lipinski definition) is 4. The van der Waals surface area contributed by atoms with Gasteiger partial charge in [0, 0.05) is 12.0 Å². The van der Waals surface area contributed by atoms with Crippen LogP contribution in [0.2, 0.25) is 0 Å². The predicted molar refractivity (Wildman–Crippen MR) is 61.1 cm³/mol. The highest BCUT2D eigenvalue weighted by molar-refractivity contribution is 5.70. The van der Waals surface area contributed by atoms with Crippen LogP contribution in [0.1, 0.15) is 5.56 Å². The fourth-order valence-electron chi connectivity index (χ4n) is 1.93. The van der Waals surface area contributed by atoms with Crippen molar-refractivity contribution in [1.82, 2.24) is 9.97 Å². The Hall–Kier alpha value is -2.10. The Morgan fingerprint density at radius 1 is 1.25 bits per heavy atom. The lowest BCUT2D eigenvalue weighted by atomic mass is 10.1. The van der Waals surface area contributed by atoms with Gasteiger partial charge in [-0.05, 0) is 11.6 Å². The molecule has 0 unspecified atom stereocenters. The van der Waals surface area contributed by atoms with Crippen LogP contribution in [0.4, 0.5) is 5.82 Å². The Kier molecular flexibility index (Phi) is 1.99. The summed E-state index contributed by atoms with van der Waals surface area (Å²) in [6, 6.07) is 6.06. The minimum Gasteiger partial charge on any atom is -0.492 e. The molecule has 0 saturated heterocycles. The van der Waals surface area contributed by atoms with Gasteiger partial charge >= 0.3 is 0 Å². The molecular weight excluding hydrogens is 202 g/mol. The molecule has 0 spiro atoms. The van der Waals surface area contributed by atoms with Crippen LogP contribution < -0.4 is 10.5 Å². The van der Waals surface area contributed by atoms with Gasteiger partial charge in [0.15, 0.2) is 0 Å². The molecule has 1 aromatic carbocycles. The summed E-state index contributed by atoms with van der Waals surface area (Å²) in [5.41, 5.74) is 8.58. The molecule has 0 saturated carbocycles. The van der Waals surface area contributed by atoms with E-state index in [-0.39, 0.29) is 0 Å². The molecule has 0 atom stereocenters. The fourth-order valence-corrected chi connectivity index (χ4v) is 1.93. The first-order valence-corrected chi connectivity index (χ1v) is 5.17. The summed E-state index contributed by atoms with van der Waals surface area (Å²) in [5.74, 6) is 1.34. The third kappa shape index (κ3) is 1.39. The van der Waals surface area contributed by atoms with Crippen molar-refractivity contribution >= 4 is 5.82 Å². The van der Waals surface area contributed by atoms with Gasteiger partial charge in [-0.2, -0.15) is 0 Å². The highest BCUT2D eigenvalue weighted by atomic mass is 16.5. The number of rotatable bonds is 1. The molecule has 2 aromatic rings. The normalized spacial score (nSPS) is 13.2. The highest BCUT2D eigenvalue weighted by Crippen LogP contribution is 2.35. The lowest BCUT2D eigenvalue weighted by Gasteiger charge is -2.07. The number of nitrogens with two attached hydrogens (primary N) is 1. The van der Waals surface area contributed by atoms with Gasteiger partial charge in [0.25, 0.3) is 0 Å². The summed E-state index contributed by atoms with van der Waals surface area (Å²) >= 11 is 0. The van der Waals surface area contributed by atoms with E-state index >= 15 is 0 Å². The molecule has 3 rings (SSSR count). The van der Waals surface area contributed by atoms with Gasteiger partial charge in [-0.1, -0.05) is 12.1 Å². The third-order valence-corrected chi connectivity index (χ3v) is 2.64. The number of fused-ring (bicyclic) bond motifs is 1. The molecular formula is C12H11N3O. The molecule has 4 heteroatoms. The van der Waals surface area contributed by atoms with Gasteiger partial charge in [0.1, 0.15) is 11.6 Å². The Morgan fingerprint density at radius 2 is 2.19 bits per heavy atom.